The van der Waals surface area contributed by atoms with E-state index >= 15 is 0 Å². The van der Waals surface area contributed by atoms with Crippen molar-refractivity contribution < 1.29 is 26.1 Å². The highest BCUT2D eigenvalue weighted by Gasteiger charge is 2.25. The van der Waals surface area contributed by atoms with Crippen LogP contribution in [0, 0.1) is 18.6 Å². The summed E-state index contributed by atoms with van der Waals surface area (Å²) >= 11 is 3.37. The van der Waals surface area contributed by atoms with Crippen LogP contribution < -0.4 is 0 Å². The molecule has 0 spiro atoms. The molecule has 3 aromatic rings. The number of halogens is 4. The zero-order chi connectivity index (χ0) is 19.9. The third-order valence-electron chi connectivity index (χ3n) is 3.97. The van der Waals surface area contributed by atoms with Gasteiger partial charge >= 0.3 is 0 Å². The normalized spacial score (nSPS) is 11.8. The monoisotopic (exact) mass is 459 g/mol. The molecule has 0 aliphatic rings. The van der Waals surface area contributed by atoms with Crippen LogP contribution in [0.15, 0.2) is 44.2 Å². The van der Waals surface area contributed by atoms with Crippen molar-refractivity contribution in [3.63, 3.8) is 0 Å². The van der Waals surface area contributed by atoms with E-state index in [9.17, 15) is 21.6 Å². The molecule has 0 unspecified atom stereocenters. The zero-order valence-corrected chi connectivity index (χ0v) is 16.6. The van der Waals surface area contributed by atoms with Crippen molar-refractivity contribution >= 4 is 25.8 Å². The van der Waals surface area contributed by atoms with Gasteiger partial charge in [0, 0.05) is 16.3 Å². The summed E-state index contributed by atoms with van der Waals surface area (Å²) in [6.07, 6.45) is 0.705. The van der Waals surface area contributed by atoms with Crippen LogP contribution in [0.1, 0.15) is 11.3 Å². The van der Waals surface area contributed by atoms with Gasteiger partial charge in [-0.15, -0.1) is 0 Å². The molecule has 0 saturated heterocycles. The van der Waals surface area contributed by atoms with Gasteiger partial charge in [-0.05, 0) is 42.3 Å². The van der Waals surface area contributed by atoms with Gasteiger partial charge in [0.25, 0.3) is 0 Å². The first-order chi connectivity index (χ1) is 12.6. The highest BCUT2D eigenvalue weighted by atomic mass is 79.9. The molecule has 4 nitrogen and oxygen atoms in total. The van der Waals surface area contributed by atoms with Crippen LogP contribution in [0.2, 0.25) is 0 Å². The SMILES string of the molecule is Cc1cc(-c2noc(CF)c2-c2cc(F)c(S(C)(=O)=O)c(F)c2)ccc1Br. The Morgan fingerprint density at radius 3 is 2.26 bits per heavy atom. The van der Waals surface area contributed by atoms with E-state index in [1.807, 2.05) is 6.92 Å². The van der Waals surface area contributed by atoms with Crippen LogP contribution in [-0.2, 0) is 16.5 Å². The molecule has 1 aromatic heterocycles. The van der Waals surface area contributed by atoms with Crippen molar-refractivity contribution in [3.05, 3.63) is 57.8 Å². The minimum absolute atomic E-state index is 0.0667. The van der Waals surface area contributed by atoms with Crippen molar-refractivity contribution in [2.24, 2.45) is 0 Å². The number of hydrogen-bond acceptors (Lipinski definition) is 4. The number of alkyl halides is 1. The fourth-order valence-electron chi connectivity index (χ4n) is 2.76. The van der Waals surface area contributed by atoms with Gasteiger partial charge in [0.05, 0.1) is 5.56 Å². The quantitative estimate of drug-likeness (QED) is 0.535. The lowest BCUT2D eigenvalue weighted by Crippen LogP contribution is -2.05. The predicted molar refractivity (Wildman–Crippen MR) is 97.6 cm³/mol. The van der Waals surface area contributed by atoms with Crippen molar-refractivity contribution in [1.82, 2.24) is 5.16 Å². The molecule has 0 radical (unpaired) electrons. The number of aryl methyl sites for hydroxylation is 1. The molecule has 0 aliphatic heterocycles. The summed E-state index contributed by atoms with van der Waals surface area (Å²) in [4.78, 5) is -1.04. The van der Waals surface area contributed by atoms with Gasteiger partial charge < -0.3 is 4.52 Å². The second-order valence-corrected chi connectivity index (χ2v) is 8.78. The molecule has 0 fully saturated rings. The molecule has 1 heterocycles. The van der Waals surface area contributed by atoms with Crippen molar-refractivity contribution in [2.45, 2.75) is 18.5 Å². The van der Waals surface area contributed by atoms with Crippen molar-refractivity contribution in [2.75, 3.05) is 6.26 Å². The molecule has 9 heteroatoms. The van der Waals surface area contributed by atoms with Crippen LogP contribution in [0.3, 0.4) is 0 Å². The fourth-order valence-corrected chi connectivity index (χ4v) is 3.83. The first kappa shape index (κ1) is 19.6. The van der Waals surface area contributed by atoms with E-state index in [1.54, 1.807) is 18.2 Å². The van der Waals surface area contributed by atoms with E-state index in [4.69, 9.17) is 4.52 Å². The number of aromatic nitrogens is 1. The van der Waals surface area contributed by atoms with E-state index in [1.165, 1.54) is 0 Å². The highest BCUT2D eigenvalue weighted by Crippen LogP contribution is 2.38. The molecule has 0 atom stereocenters. The maximum atomic E-state index is 14.3. The number of benzene rings is 2. The molecule has 3 rings (SSSR count). The van der Waals surface area contributed by atoms with E-state index < -0.39 is 33.0 Å². The van der Waals surface area contributed by atoms with Crippen LogP contribution >= 0.6 is 15.9 Å². The standard InChI is InChI=1S/C18H13BrF3NO3S/c1-9-5-10(3-4-12(9)19)17-16(15(8-20)26-23-17)11-6-13(21)18(14(22)7-11)27(2,24)25/h3-7H,8H2,1-2H3. The van der Waals surface area contributed by atoms with E-state index in [-0.39, 0.29) is 22.6 Å². The molecule has 142 valence electrons. The Kier molecular flexibility index (Phi) is 5.18. The smallest absolute Gasteiger partial charge is 0.181 e. The second-order valence-electron chi connectivity index (χ2n) is 5.97. The Labute approximate surface area is 162 Å². The van der Waals surface area contributed by atoms with Crippen LogP contribution in [-0.4, -0.2) is 19.8 Å². The topological polar surface area (TPSA) is 60.2 Å². The number of sulfone groups is 1. The molecule has 0 bridgehead atoms. The first-order valence-corrected chi connectivity index (χ1v) is 10.3. The van der Waals surface area contributed by atoms with Crippen molar-refractivity contribution in [1.29, 1.82) is 0 Å². The molecular weight excluding hydrogens is 447 g/mol. The fraction of sp³-hybridized carbons (Fsp3) is 0.167. The van der Waals surface area contributed by atoms with Crippen LogP contribution in [0.4, 0.5) is 13.2 Å². The molecule has 0 aliphatic carbocycles. The number of nitrogens with zero attached hydrogens (tertiary/aromatic N) is 1. The van der Waals surface area contributed by atoms with Gasteiger partial charge in [0.2, 0.25) is 0 Å². The first-order valence-electron chi connectivity index (χ1n) is 7.64. The van der Waals surface area contributed by atoms with Crippen molar-refractivity contribution in [3.8, 4) is 22.4 Å². The van der Waals surface area contributed by atoms with E-state index in [2.05, 4.69) is 21.1 Å². The summed E-state index contributed by atoms with van der Waals surface area (Å²) in [5, 5.41) is 3.84. The second kappa shape index (κ2) is 7.12. The maximum Gasteiger partial charge on any atom is 0.181 e. The summed E-state index contributed by atoms with van der Waals surface area (Å²) in [5.41, 5.74) is 1.62. The van der Waals surface area contributed by atoms with Crippen LogP contribution in [0.5, 0.6) is 0 Å². The Hall–Kier alpha value is -2.13. The molecule has 0 amide bonds. The summed E-state index contributed by atoms with van der Waals surface area (Å²) in [6.45, 7) is 0.790. The lowest BCUT2D eigenvalue weighted by Gasteiger charge is -2.08. The molecule has 2 aromatic carbocycles. The zero-order valence-electron chi connectivity index (χ0n) is 14.2. The summed E-state index contributed by atoms with van der Waals surface area (Å²) in [5.74, 6) is -2.75. The molecule has 0 saturated carbocycles. The summed E-state index contributed by atoms with van der Waals surface area (Å²) < 4.78 is 71.0. The Morgan fingerprint density at radius 1 is 1.11 bits per heavy atom. The summed E-state index contributed by atoms with van der Waals surface area (Å²) in [6, 6.07) is 6.87. The highest BCUT2D eigenvalue weighted by molar-refractivity contribution is 9.10. The predicted octanol–water partition coefficient (Wildman–Crippen LogP) is 5.23. The largest absolute Gasteiger partial charge is 0.357 e. The number of hydrogen-bond donors (Lipinski definition) is 0. The molecule has 27 heavy (non-hydrogen) atoms. The summed E-state index contributed by atoms with van der Waals surface area (Å²) in [7, 11) is -4.11. The molecule has 0 N–H and O–H groups in total. The lowest BCUT2D eigenvalue weighted by molar-refractivity contribution is 0.332. The Morgan fingerprint density at radius 2 is 1.74 bits per heavy atom. The van der Waals surface area contributed by atoms with Gasteiger partial charge in [0.15, 0.2) is 22.3 Å². The Balaban J connectivity index is 2.26. The minimum atomic E-state index is -4.11. The van der Waals surface area contributed by atoms with Crippen LogP contribution in [0.25, 0.3) is 22.4 Å². The van der Waals surface area contributed by atoms with Gasteiger partial charge in [-0.1, -0.05) is 27.2 Å². The molecular formula is C18H13BrF3NO3S. The average molecular weight is 460 g/mol. The lowest BCUT2D eigenvalue weighted by atomic mass is 9.98. The van der Waals surface area contributed by atoms with Gasteiger partial charge in [-0.2, -0.15) is 0 Å². The third-order valence-corrected chi connectivity index (χ3v) is 5.99. The average Bonchev–Trinajstić information content (AvgIpc) is 2.99. The minimum Gasteiger partial charge on any atom is -0.357 e. The number of rotatable bonds is 4. The maximum absolute atomic E-state index is 14.3. The van der Waals surface area contributed by atoms with E-state index in [0.717, 1.165) is 22.2 Å². The van der Waals surface area contributed by atoms with Gasteiger partial charge in [-0.25, -0.2) is 21.6 Å². The van der Waals surface area contributed by atoms with E-state index in [0.29, 0.717) is 11.8 Å². The Bertz CT molecular complexity index is 1120. The third kappa shape index (κ3) is 3.66. The van der Waals surface area contributed by atoms with Gasteiger partial charge in [0.1, 0.15) is 22.2 Å². The van der Waals surface area contributed by atoms with Gasteiger partial charge in [-0.3, -0.25) is 0 Å².